The highest BCUT2D eigenvalue weighted by molar-refractivity contribution is 6.35. The summed E-state index contributed by atoms with van der Waals surface area (Å²) in [6.45, 7) is 4.82. The molecular formula is C28H28ClN3O2. The Balaban J connectivity index is 1.58. The molecule has 1 atom stereocenters. The van der Waals surface area contributed by atoms with E-state index in [2.05, 4.69) is 22.1 Å². The molecule has 0 fully saturated rings. The normalized spacial score (nSPS) is 11.9. The summed E-state index contributed by atoms with van der Waals surface area (Å²) in [6, 6.07) is 24.0. The maximum Gasteiger partial charge on any atom is 0.247 e. The van der Waals surface area contributed by atoms with Crippen LogP contribution in [0.4, 0.5) is 5.69 Å². The molecule has 4 rings (SSSR count). The zero-order valence-corrected chi connectivity index (χ0v) is 20.1. The third-order valence-corrected chi connectivity index (χ3v) is 6.36. The fourth-order valence-electron chi connectivity index (χ4n) is 4.39. The fourth-order valence-corrected chi connectivity index (χ4v) is 4.67. The number of hydrogen-bond donors (Lipinski definition) is 2. The van der Waals surface area contributed by atoms with Crippen molar-refractivity contribution in [2.75, 3.05) is 5.32 Å². The number of aromatic nitrogens is 1. The molecule has 0 saturated carbocycles. The molecule has 3 aromatic carbocycles. The van der Waals surface area contributed by atoms with E-state index >= 15 is 0 Å². The molecular weight excluding hydrogens is 446 g/mol. The summed E-state index contributed by atoms with van der Waals surface area (Å²) in [5, 5.41) is 7.53. The number of anilines is 1. The molecule has 1 aromatic heterocycles. The Kier molecular flexibility index (Phi) is 7.33. The van der Waals surface area contributed by atoms with Gasteiger partial charge in [-0.3, -0.25) is 9.59 Å². The average molecular weight is 474 g/mol. The van der Waals surface area contributed by atoms with Gasteiger partial charge in [0.05, 0.1) is 17.0 Å². The highest BCUT2D eigenvalue weighted by atomic mass is 35.5. The van der Waals surface area contributed by atoms with E-state index in [1.807, 2.05) is 85.8 Å². The maximum absolute atomic E-state index is 13.2. The molecule has 174 valence electrons. The minimum Gasteiger partial charge on any atom is -0.344 e. The van der Waals surface area contributed by atoms with E-state index in [-0.39, 0.29) is 18.2 Å². The van der Waals surface area contributed by atoms with Crippen LogP contribution in [0.5, 0.6) is 0 Å². The van der Waals surface area contributed by atoms with E-state index in [1.54, 1.807) is 0 Å². The zero-order valence-electron chi connectivity index (χ0n) is 19.3. The second-order valence-electron chi connectivity index (χ2n) is 8.29. The Morgan fingerprint density at radius 1 is 0.941 bits per heavy atom. The number of amides is 2. The average Bonchev–Trinajstić information content (AvgIpc) is 3.11. The highest BCUT2D eigenvalue weighted by Crippen LogP contribution is 2.31. The van der Waals surface area contributed by atoms with Crippen LogP contribution in [0.3, 0.4) is 0 Å². The monoisotopic (exact) mass is 473 g/mol. The third kappa shape index (κ3) is 5.15. The molecule has 0 aliphatic carbocycles. The van der Waals surface area contributed by atoms with Crippen molar-refractivity contribution in [2.24, 2.45) is 0 Å². The number of halogens is 1. The molecule has 0 aliphatic heterocycles. The summed E-state index contributed by atoms with van der Waals surface area (Å²) in [5.41, 5.74) is 4.54. The van der Waals surface area contributed by atoms with Gasteiger partial charge in [0.2, 0.25) is 11.8 Å². The van der Waals surface area contributed by atoms with Crippen LogP contribution in [-0.4, -0.2) is 22.4 Å². The molecule has 2 amide bonds. The first-order valence-corrected chi connectivity index (χ1v) is 11.8. The standard InChI is InChI=1S/C28H28ClN3O2/c1-3-32-19(2)23(22-15-10-16-24(29)27(22)32)18-26(33)31-25(17-20-11-6-4-7-12-20)28(34)30-21-13-8-5-9-14-21/h4-16,25H,3,17-18H2,1-2H3,(H,30,34)(H,31,33). The predicted octanol–water partition coefficient (Wildman–Crippen LogP) is 5.53. The fraction of sp³-hybridized carbons (Fsp3) is 0.214. The number of carbonyl (C=O) groups is 2. The Labute approximate surface area is 204 Å². The molecule has 0 aliphatic rings. The van der Waals surface area contributed by atoms with Crippen molar-refractivity contribution < 1.29 is 9.59 Å². The molecule has 5 nitrogen and oxygen atoms in total. The number of hydrogen-bond acceptors (Lipinski definition) is 2. The number of nitrogens with zero attached hydrogens (tertiary/aromatic N) is 1. The Hall–Kier alpha value is -3.57. The Morgan fingerprint density at radius 3 is 2.29 bits per heavy atom. The SMILES string of the molecule is CCn1c(C)c(CC(=O)NC(Cc2ccccc2)C(=O)Nc2ccccc2)c2cccc(Cl)c21. The van der Waals surface area contributed by atoms with E-state index < -0.39 is 6.04 Å². The molecule has 0 saturated heterocycles. The van der Waals surface area contributed by atoms with Crippen LogP contribution in [0.25, 0.3) is 10.9 Å². The van der Waals surface area contributed by atoms with Crippen LogP contribution in [-0.2, 0) is 29.0 Å². The predicted molar refractivity (Wildman–Crippen MR) is 138 cm³/mol. The van der Waals surface area contributed by atoms with E-state index in [1.165, 1.54) is 0 Å². The molecule has 0 bridgehead atoms. The first kappa shape index (κ1) is 23.6. The van der Waals surface area contributed by atoms with Crippen LogP contribution in [0, 0.1) is 6.92 Å². The van der Waals surface area contributed by atoms with Gasteiger partial charge in [-0.1, -0.05) is 72.3 Å². The number of nitrogens with one attached hydrogen (secondary N) is 2. The molecule has 1 heterocycles. The van der Waals surface area contributed by atoms with Crippen molar-refractivity contribution in [3.8, 4) is 0 Å². The van der Waals surface area contributed by atoms with Crippen molar-refractivity contribution in [3.63, 3.8) is 0 Å². The number of rotatable bonds is 8. The quantitative estimate of drug-likeness (QED) is 0.353. The van der Waals surface area contributed by atoms with E-state index in [9.17, 15) is 9.59 Å². The summed E-state index contributed by atoms with van der Waals surface area (Å²) in [7, 11) is 0. The molecule has 6 heteroatoms. The molecule has 34 heavy (non-hydrogen) atoms. The number of benzene rings is 3. The largest absolute Gasteiger partial charge is 0.344 e. The van der Waals surface area contributed by atoms with Crippen LogP contribution in [0.1, 0.15) is 23.7 Å². The molecule has 1 unspecified atom stereocenters. The van der Waals surface area contributed by atoms with E-state index in [4.69, 9.17) is 11.6 Å². The van der Waals surface area contributed by atoms with Crippen LogP contribution in [0.15, 0.2) is 78.9 Å². The van der Waals surface area contributed by atoms with E-state index in [0.717, 1.165) is 34.3 Å². The van der Waals surface area contributed by atoms with Crippen LogP contribution < -0.4 is 10.6 Å². The lowest BCUT2D eigenvalue weighted by atomic mass is 10.0. The summed E-state index contributed by atoms with van der Waals surface area (Å²) in [5.74, 6) is -0.457. The zero-order chi connectivity index (χ0) is 24.1. The Bertz CT molecular complexity index is 1300. The van der Waals surface area contributed by atoms with Gasteiger partial charge in [0, 0.05) is 29.7 Å². The third-order valence-electron chi connectivity index (χ3n) is 6.05. The Morgan fingerprint density at radius 2 is 1.62 bits per heavy atom. The number of aryl methyl sites for hydroxylation is 1. The van der Waals surface area contributed by atoms with Gasteiger partial charge in [-0.05, 0) is 43.2 Å². The van der Waals surface area contributed by atoms with Gasteiger partial charge in [-0.2, -0.15) is 0 Å². The van der Waals surface area contributed by atoms with Gasteiger partial charge in [0.1, 0.15) is 6.04 Å². The lowest BCUT2D eigenvalue weighted by Crippen LogP contribution is -2.45. The number of para-hydroxylation sites is 2. The lowest BCUT2D eigenvalue weighted by Gasteiger charge is -2.19. The van der Waals surface area contributed by atoms with E-state index in [0.29, 0.717) is 17.1 Å². The number of carbonyl (C=O) groups excluding carboxylic acids is 2. The summed E-state index contributed by atoms with van der Waals surface area (Å²) in [4.78, 5) is 26.3. The van der Waals surface area contributed by atoms with Crippen molar-refractivity contribution in [1.29, 1.82) is 0 Å². The molecule has 0 radical (unpaired) electrons. The van der Waals surface area contributed by atoms with Crippen molar-refractivity contribution in [3.05, 3.63) is 101 Å². The lowest BCUT2D eigenvalue weighted by molar-refractivity contribution is -0.126. The maximum atomic E-state index is 13.2. The van der Waals surface area contributed by atoms with Gasteiger partial charge in [-0.25, -0.2) is 0 Å². The first-order valence-electron chi connectivity index (χ1n) is 11.4. The summed E-state index contributed by atoms with van der Waals surface area (Å²) in [6.07, 6.45) is 0.562. The van der Waals surface area contributed by atoms with Crippen LogP contribution >= 0.6 is 11.6 Å². The second kappa shape index (κ2) is 10.6. The van der Waals surface area contributed by atoms with Crippen molar-refractivity contribution in [2.45, 2.75) is 39.3 Å². The minimum absolute atomic E-state index is 0.166. The van der Waals surface area contributed by atoms with Gasteiger partial charge in [-0.15, -0.1) is 0 Å². The van der Waals surface area contributed by atoms with Crippen molar-refractivity contribution >= 4 is 40.0 Å². The molecule has 4 aromatic rings. The first-order chi connectivity index (χ1) is 16.5. The van der Waals surface area contributed by atoms with Gasteiger partial charge in [0.25, 0.3) is 0 Å². The topological polar surface area (TPSA) is 63.1 Å². The smallest absolute Gasteiger partial charge is 0.247 e. The summed E-state index contributed by atoms with van der Waals surface area (Å²) >= 11 is 6.48. The molecule has 0 spiro atoms. The van der Waals surface area contributed by atoms with Crippen LogP contribution in [0.2, 0.25) is 5.02 Å². The molecule has 2 N–H and O–H groups in total. The summed E-state index contributed by atoms with van der Waals surface area (Å²) < 4.78 is 2.13. The minimum atomic E-state index is -0.710. The van der Waals surface area contributed by atoms with Gasteiger partial charge < -0.3 is 15.2 Å². The highest BCUT2D eigenvalue weighted by Gasteiger charge is 2.24. The second-order valence-corrected chi connectivity index (χ2v) is 8.69. The van der Waals surface area contributed by atoms with Gasteiger partial charge in [0.15, 0.2) is 0 Å². The number of fused-ring (bicyclic) bond motifs is 1. The van der Waals surface area contributed by atoms with Crippen molar-refractivity contribution in [1.82, 2.24) is 9.88 Å². The van der Waals surface area contributed by atoms with Gasteiger partial charge >= 0.3 is 0 Å².